The van der Waals surface area contributed by atoms with E-state index >= 15 is 0 Å². The number of aliphatic hydroxyl groups excluding tert-OH is 1. The van der Waals surface area contributed by atoms with E-state index in [9.17, 15) is 9.50 Å². The van der Waals surface area contributed by atoms with Crippen molar-refractivity contribution >= 4 is 17.0 Å². The normalized spacial score (nSPS) is 24.1. The van der Waals surface area contributed by atoms with Gasteiger partial charge in [0, 0.05) is 6.54 Å². The number of ether oxygens (including phenoxy) is 1. The highest BCUT2D eigenvalue weighted by atomic mass is 19.1. The van der Waals surface area contributed by atoms with Gasteiger partial charge in [-0.05, 0) is 25.1 Å². The maximum Gasteiger partial charge on any atom is 0.204 e. The number of benzene rings is 1. The smallest absolute Gasteiger partial charge is 0.204 e. The summed E-state index contributed by atoms with van der Waals surface area (Å²) in [4.78, 5) is 9.63. The molecule has 2 aromatic rings. The second-order valence-corrected chi connectivity index (χ2v) is 4.86. The van der Waals surface area contributed by atoms with Crippen LogP contribution >= 0.6 is 0 Å². The van der Waals surface area contributed by atoms with E-state index in [0.717, 1.165) is 5.52 Å². The van der Waals surface area contributed by atoms with Gasteiger partial charge in [-0.25, -0.2) is 9.37 Å². The van der Waals surface area contributed by atoms with Crippen molar-refractivity contribution in [3.63, 3.8) is 0 Å². The number of halogens is 1. The zero-order chi connectivity index (χ0) is 13.4. The van der Waals surface area contributed by atoms with Gasteiger partial charge in [0.05, 0.1) is 36.4 Å². The van der Waals surface area contributed by atoms with Crippen molar-refractivity contribution in [2.75, 3.05) is 24.7 Å². The van der Waals surface area contributed by atoms with E-state index in [1.54, 1.807) is 6.07 Å². The summed E-state index contributed by atoms with van der Waals surface area (Å²) in [5, 5.41) is 9.19. The Bertz CT molecular complexity index is 586. The summed E-state index contributed by atoms with van der Waals surface area (Å²) < 4.78 is 18.7. The van der Waals surface area contributed by atoms with Crippen LogP contribution in [0.5, 0.6) is 0 Å². The highest BCUT2D eigenvalue weighted by Gasteiger charge is 2.27. The molecule has 0 saturated carbocycles. The van der Waals surface area contributed by atoms with Crippen LogP contribution in [0.2, 0.25) is 0 Å². The molecule has 19 heavy (non-hydrogen) atoms. The standard InChI is InChI=1S/C13H16FN3O2/c1-8-7-19-10(6-18)5-17(8)13-15-11-3-2-9(14)4-12(11)16-13/h2-4,8,10,18H,5-7H2,1H3,(H,15,16). The van der Waals surface area contributed by atoms with Gasteiger partial charge >= 0.3 is 0 Å². The van der Waals surface area contributed by atoms with Gasteiger partial charge < -0.3 is 19.7 Å². The SMILES string of the molecule is CC1COC(CO)CN1c1nc2ccc(F)cc2[nH]1. The molecule has 0 radical (unpaired) electrons. The number of anilines is 1. The van der Waals surface area contributed by atoms with Crippen LogP contribution in [-0.4, -0.2) is 47.0 Å². The Balaban J connectivity index is 1.93. The van der Waals surface area contributed by atoms with Crippen LogP contribution in [-0.2, 0) is 4.74 Å². The van der Waals surface area contributed by atoms with Crippen LogP contribution in [0.15, 0.2) is 18.2 Å². The fourth-order valence-corrected chi connectivity index (χ4v) is 2.33. The number of aromatic nitrogens is 2. The summed E-state index contributed by atoms with van der Waals surface area (Å²) in [6.45, 7) is 3.12. The van der Waals surface area contributed by atoms with Crippen LogP contribution in [0.4, 0.5) is 10.3 Å². The average molecular weight is 265 g/mol. The van der Waals surface area contributed by atoms with Crippen molar-refractivity contribution < 1.29 is 14.2 Å². The lowest BCUT2D eigenvalue weighted by Crippen LogP contribution is -2.50. The van der Waals surface area contributed by atoms with Crippen molar-refractivity contribution in [3.05, 3.63) is 24.0 Å². The minimum atomic E-state index is -0.286. The Labute approximate surface area is 110 Å². The first-order valence-corrected chi connectivity index (χ1v) is 6.31. The van der Waals surface area contributed by atoms with Crippen molar-refractivity contribution in [3.8, 4) is 0 Å². The third-order valence-corrected chi connectivity index (χ3v) is 3.41. The first-order chi connectivity index (χ1) is 9.17. The van der Waals surface area contributed by atoms with Crippen molar-refractivity contribution in [1.82, 2.24) is 9.97 Å². The zero-order valence-electron chi connectivity index (χ0n) is 10.6. The monoisotopic (exact) mass is 265 g/mol. The molecule has 5 nitrogen and oxygen atoms in total. The largest absolute Gasteiger partial charge is 0.394 e. The molecule has 2 unspecified atom stereocenters. The maximum atomic E-state index is 13.2. The van der Waals surface area contributed by atoms with E-state index in [-0.39, 0.29) is 24.6 Å². The molecule has 1 fully saturated rings. The molecular formula is C13H16FN3O2. The summed E-state index contributed by atoms with van der Waals surface area (Å²) in [7, 11) is 0. The number of nitrogens with zero attached hydrogens (tertiary/aromatic N) is 2. The minimum absolute atomic E-state index is 0.0158. The van der Waals surface area contributed by atoms with Crippen LogP contribution in [0, 0.1) is 5.82 Å². The quantitative estimate of drug-likeness (QED) is 0.859. The highest BCUT2D eigenvalue weighted by Crippen LogP contribution is 2.22. The molecule has 1 aromatic heterocycles. The van der Waals surface area contributed by atoms with E-state index in [2.05, 4.69) is 9.97 Å². The fourth-order valence-electron chi connectivity index (χ4n) is 2.33. The van der Waals surface area contributed by atoms with Crippen molar-refractivity contribution in [2.24, 2.45) is 0 Å². The molecule has 1 aliphatic heterocycles. The number of aromatic amines is 1. The minimum Gasteiger partial charge on any atom is -0.394 e. The van der Waals surface area contributed by atoms with Crippen LogP contribution in [0.1, 0.15) is 6.92 Å². The number of hydrogen-bond donors (Lipinski definition) is 2. The van der Waals surface area contributed by atoms with Gasteiger partial charge in [0.25, 0.3) is 0 Å². The van der Waals surface area contributed by atoms with Gasteiger partial charge in [-0.15, -0.1) is 0 Å². The van der Waals surface area contributed by atoms with Crippen molar-refractivity contribution in [1.29, 1.82) is 0 Å². The topological polar surface area (TPSA) is 61.4 Å². The summed E-state index contributed by atoms with van der Waals surface area (Å²) >= 11 is 0. The number of imidazole rings is 1. The molecule has 3 rings (SSSR count). The fraction of sp³-hybridized carbons (Fsp3) is 0.462. The van der Waals surface area contributed by atoms with Gasteiger partial charge in [-0.1, -0.05) is 0 Å². The Hall–Kier alpha value is -1.66. The van der Waals surface area contributed by atoms with E-state index in [1.165, 1.54) is 12.1 Å². The molecule has 6 heteroatoms. The van der Waals surface area contributed by atoms with Crippen LogP contribution in [0.25, 0.3) is 11.0 Å². The Morgan fingerprint density at radius 3 is 3.21 bits per heavy atom. The number of nitrogens with one attached hydrogen (secondary N) is 1. The Morgan fingerprint density at radius 1 is 1.58 bits per heavy atom. The molecule has 0 bridgehead atoms. The van der Waals surface area contributed by atoms with Crippen LogP contribution in [0.3, 0.4) is 0 Å². The molecule has 0 spiro atoms. The van der Waals surface area contributed by atoms with Gasteiger partial charge in [0.2, 0.25) is 5.95 Å². The number of hydrogen-bond acceptors (Lipinski definition) is 4. The summed E-state index contributed by atoms with van der Waals surface area (Å²) in [5.74, 6) is 0.404. The van der Waals surface area contributed by atoms with E-state index in [4.69, 9.17) is 4.74 Å². The van der Waals surface area contributed by atoms with E-state index in [1.807, 2.05) is 11.8 Å². The van der Waals surface area contributed by atoms with Gasteiger partial charge in [0.15, 0.2) is 0 Å². The maximum absolute atomic E-state index is 13.2. The van der Waals surface area contributed by atoms with Gasteiger partial charge in [-0.3, -0.25) is 0 Å². The molecule has 1 saturated heterocycles. The summed E-state index contributed by atoms with van der Waals surface area (Å²) in [6.07, 6.45) is -0.207. The molecule has 0 amide bonds. The Morgan fingerprint density at radius 2 is 2.42 bits per heavy atom. The first kappa shape index (κ1) is 12.4. The number of morpholine rings is 1. The molecule has 0 aliphatic carbocycles. The predicted molar refractivity (Wildman–Crippen MR) is 69.7 cm³/mol. The number of H-pyrrole nitrogens is 1. The molecular weight excluding hydrogens is 249 g/mol. The molecule has 2 atom stereocenters. The molecule has 1 aromatic carbocycles. The van der Waals surface area contributed by atoms with E-state index in [0.29, 0.717) is 24.6 Å². The van der Waals surface area contributed by atoms with Crippen LogP contribution < -0.4 is 4.90 Å². The molecule has 2 heterocycles. The average Bonchev–Trinajstić information content (AvgIpc) is 2.82. The lowest BCUT2D eigenvalue weighted by Gasteiger charge is -2.37. The first-order valence-electron chi connectivity index (χ1n) is 6.31. The molecule has 102 valence electrons. The lowest BCUT2D eigenvalue weighted by molar-refractivity contribution is -0.0107. The second kappa shape index (κ2) is 4.79. The number of rotatable bonds is 2. The molecule has 1 aliphatic rings. The molecule has 2 N–H and O–H groups in total. The number of aliphatic hydroxyl groups is 1. The van der Waals surface area contributed by atoms with Gasteiger partial charge in [-0.2, -0.15) is 0 Å². The predicted octanol–water partition coefficient (Wildman–Crippen LogP) is 1.29. The zero-order valence-corrected chi connectivity index (χ0v) is 10.6. The second-order valence-electron chi connectivity index (χ2n) is 4.86. The number of fused-ring (bicyclic) bond motifs is 1. The Kier molecular flexibility index (Phi) is 3.12. The van der Waals surface area contributed by atoms with E-state index < -0.39 is 0 Å². The highest BCUT2D eigenvalue weighted by molar-refractivity contribution is 5.77. The summed E-state index contributed by atoms with van der Waals surface area (Å²) in [5.41, 5.74) is 1.41. The van der Waals surface area contributed by atoms with Crippen molar-refractivity contribution in [2.45, 2.75) is 19.1 Å². The third-order valence-electron chi connectivity index (χ3n) is 3.41. The van der Waals surface area contributed by atoms with Gasteiger partial charge in [0.1, 0.15) is 5.82 Å². The lowest BCUT2D eigenvalue weighted by atomic mass is 10.2. The third kappa shape index (κ3) is 2.29. The summed E-state index contributed by atoms with van der Waals surface area (Å²) in [6, 6.07) is 4.64.